The molecule has 1 atom stereocenters. The largest absolute Gasteiger partial charge is 0.481 e. The lowest BCUT2D eigenvalue weighted by molar-refractivity contribution is -0.137. The molecule has 0 aromatic carbocycles. The van der Waals surface area contributed by atoms with Gasteiger partial charge in [0.15, 0.2) is 0 Å². The van der Waals surface area contributed by atoms with Crippen LogP contribution >= 0.6 is 0 Å². The average molecular weight is 270 g/mol. The molecule has 2 N–H and O–H groups in total. The Morgan fingerprint density at radius 1 is 1.26 bits per heavy atom. The van der Waals surface area contributed by atoms with Crippen LogP contribution in [-0.4, -0.2) is 41.1 Å². The van der Waals surface area contributed by atoms with Crippen molar-refractivity contribution in [3.8, 4) is 0 Å². The minimum Gasteiger partial charge on any atom is -0.481 e. The van der Waals surface area contributed by atoms with Crippen LogP contribution in [0.4, 0.5) is 4.79 Å². The maximum atomic E-state index is 12.0. The molecule has 0 saturated carbocycles. The summed E-state index contributed by atoms with van der Waals surface area (Å²) in [4.78, 5) is 24.3. The molecule has 1 unspecified atom stereocenters. The second-order valence-electron chi connectivity index (χ2n) is 5.85. The van der Waals surface area contributed by atoms with Crippen molar-refractivity contribution in [2.75, 3.05) is 13.1 Å². The van der Waals surface area contributed by atoms with E-state index in [9.17, 15) is 9.59 Å². The standard InChI is InChI=1S/C14H26N2O3/c1-10(2)12-6-8-16(9-7-12)14(19)15-11(3)4-5-13(17)18/h10-12H,4-9H2,1-3H3,(H,15,19)(H,17,18). The number of carboxylic acids is 1. The Balaban J connectivity index is 2.29. The van der Waals surface area contributed by atoms with Gasteiger partial charge >= 0.3 is 12.0 Å². The molecule has 0 bridgehead atoms. The molecule has 1 saturated heterocycles. The van der Waals surface area contributed by atoms with Crippen LogP contribution in [0.3, 0.4) is 0 Å². The van der Waals surface area contributed by atoms with Gasteiger partial charge in [0.25, 0.3) is 0 Å². The first kappa shape index (κ1) is 15.8. The zero-order valence-corrected chi connectivity index (χ0v) is 12.2. The molecule has 5 nitrogen and oxygen atoms in total. The Morgan fingerprint density at radius 2 is 1.84 bits per heavy atom. The fraction of sp³-hybridized carbons (Fsp3) is 0.857. The number of piperidine rings is 1. The Hall–Kier alpha value is -1.26. The molecule has 1 aliphatic rings. The number of urea groups is 1. The van der Waals surface area contributed by atoms with Crippen molar-refractivity contribution in [2.24, 2.45) is 11.8 Å². The Bertz CT molecular complexity index is 310. The van der Waals surface area contributed by atoms with E-state index in [1.807, 2.05) is 11.8 Å². The van der Waals surface area contributed by atoms with Gasteiger partial charge in [-0.15, -0.1) is 0 Å². The van der Waals surface area contributed by atoms with Crippen molar-refractivity contribution in [3.05, 3.63) is 0 Å². The Morgan fingerprint density at radius 3 is 2.32 bits per heavy atom. The number of carboxylic acid groups (broad SMARTS) is 1. The quantitative estimate of drug-likeness (QED) is 0.805. The lowest BCUT2D eigenvalue weighted by atomic mass is 9.87. The molecule has 1 aliphatic heterocycles. The summed E-state index contributed by atoms with van der Waals surface area (Å²) >= 11 is 0. The van der Waals surface area contributed by atoms with Gasteiger partial charge in [-0.3, -0.25) is 4.79 Å². The minimum atomic E-state index is -0.821. The van der Waals surface area contributed by atoms with E-state index < -0.39 is 5.97 Å². The molecule has 0 aromatic rings. The first-order valence-electron chi connectivity index (χ1n) is 7.17. The lowest BCUT2D eigenvalue weighted by Crippen LogP contribution is -2.47. The Labute approximate surface area is 115 Å². The zero-order valence-electron chi connectivity index (χ0n) is 12.2. The summed E-state index contributed by atoms with van der Waals surface area (Å²) in [5.74, 6) is 0.576. The second kappa shape index (κ2) is 7.36. The van der Waals surface area contributed by atoms with Crippen LogP contribution in [0.15, 0.2) is 0 Å². The molecule has 1 rings (SSSR count). The highest BCUT2D eigenvalue weighted by molar-refractivity contribution is 5.74. The lowest BCUT2D eigenvalue weighted by Gasteiger charge is -2.34. The summed E-state index contributed by atoms with van der Waals surface area (Å²) in [5, 5.41) is 11.5. The molecule has 19 heavy (non-hydrogen) atoms. The van der Waals surface area contributed by atoms with Gasteiger partial charge in [-0.1, -0.05) is 13.8 Å². The van der Waals surface area contributed by atoms with Crippen molar-refractivity contribution < 1.29 is 14.7 Å². The van der Waals surface area contributed by atoms with Crippen molar-refractivity contribution >= 4 is 12.0 Å². The third kappa shape index (κ3) is 5.49. The highest BCUT2D eigenvalue weighted by atomic mass is 16.4. The average Bonchev–Trinajstić information content (AvgIpc) is 2.36. The molecule has 0 radical (unpaired) electrons. The SMILES string of the molecule is CC(CCC(=O)O)NC(=O)N1CCC(C(C)C)CC1. The molecule has 110 valence electrons. The van der Waals surface area contributed by atoms with Gasteiger partial charge in [-0.2, -0.15) is 0 Å². The summed E-state index contributed by atoms with van der Waals surface area (Å²) in [7, 11) is 0. The summed E-state index contributed by atoms with van der Waals surface area (Å²) in [6.45, 7) is 7.92. The van der Waals surface area contributed by atoms with Crippen molar-refractivity contribution in [1.29, 1.82) is 0 Å². The number of nitrogens with one attached hydrogen (secondary N) is 1. The van der Waals surface area contributed by atoms with E-state index in [-0.39, 0.29) is 18.5 Å². The molecular formula is C14H26N2O3. The molecule has 1 fully saturated rings. The summed E-state index contributed by atoms with van der Waals surface area (Å²) in [6, 6.07) is -0.147. The number of nitrogens with zero attached hydrogens (tertiary/aromatic N) is 1. The third-order valence-corrected chi connectivity index (χ3v) is 3.93. The number of aliphatic carboxylic acids is 1. The fourth-order valence-electron chi connectivity index (χ4n) is 2.48. The van der Waals surface area contributed by atoms with Crippen LogP contribution in [0, 0.1) is 11.8 Å². The van der Waals surface area contributed by atoms with Gasteiger partial charge in [0.2, 0.25) is 0 Å². The molecule has 0 spiro atoms. The number of carbonyl (C=O) groups is 2. The number of rotatable bonds is 5. The van der Waals surface area contributed by atoms with Crippen LogP contribution in [-0.2, 0) is 4.79 Å². The number of amides is 2. The van der Waals surface area contributed by atoms with Gasteiger partial charge in [0.1, 0.15) is 0 Å². The van der Waals surface area contributed by atoms with Crippen molar-refractivity contribution in [2.45, 2.75) is 52.5 Å². The third-order valence-electron chi connectivity index (χ3n) is 3.93. The summed E-state index contributed by atoms with van der Waals surface area (Å²) in [6.07, 6.45) is 2.70. The first-order valence-corrected chi connectivity index (χ1v) is 7.17. The van der Waals surface area contributed by atoms with E-state index >= 15 is 0 Å². The second-order valence-corrected chi connectivity index (χ2v) is 5.85. The topological polar surface area (TPSA) is 69.6 Å². The normalized spacial score (nSPS) is 18.4. The van der Waals surface area contributed by atoms with Crippen LogP contribution in [0.25, 0.3) is 0 Å². The van der Waals surface area contributed by atoms with E-state index in [0.717, 1.165) is 25.9 Å². The molecule has 0 aromatic heterocycles. The van der Waals surface area contributed by atoms with E-state index in [1.165, 1.54) is 0 Å². The van der Waals surface area contributed by atoms with Crippen LogP contribution in [0.2, 0.25) is 0 Å². The van der Waals surface area contributed by atoms with Crippen molar-refractivity contribution in [3.63, 3.8) is 0 Å². The van der Waals surface area contributed by atoms with Crippen LogP contribution in [0.1, 0.15) is 46.5 Å². The predicted molar refractivity (Wildman–Crippen MR) is 74.0 cm³/mol. The predicted octanol–water partition coefficient (Wildman–Crippen LogP) is 2.32. The van der Waals surface area contributed by atoms with Gasteiger partial charge in [-0.25, -0.2) is 4.79 Å². The summed E-state index contributed by atoms with van der Waals surface area (Å²) < 4.78 is 0. The Kier molecular flexibility index (Phi) is 6.12. The summed E-state index contributed by atoms with van der Waals surface area (Å²) in [5.41, 5.74) is 0. The van der Waals surface area contributed by atoms with E-state index in [4.69, 9.17) is 5.11 Å². The maximum absolute atomic E-state index is 12.0. The molecule has 0 aliphatic carbocycles. The van der Waals surface area contributed by atoms with E-state index in [1.54, 1.807) is 0 Å². The van der Waals surface area contributed by atoms with Crippen LogP contribution in [0.5, 0.6) is 0 Å². The number of likely N-dealkylation sites (tertiary alicyclic amines) is 1. The highest BCUT2D eigenvalue weighted by Gasteiger charge is 2.25. The van der Waals surface area contributed by atoms with Crippen molar-refractivity contribution in [1.82, 2.24) is 10.2 Å². The van der Waals surface area contributed by atoms with E-state index in [0.29, 0.717) is 18.3 Å². The number of hydrogen-bond donors (Lipinski definition) is 2. The number of hydrogen-bond acceptors (Lipinski definition) is 2. The van der Waals surface area contributed by atoms with E-state index in [2.05, 4.69) is 19.2 Å². The van der Waals surface area contributed by atoms with Gasteiger partial charge in [0.05, 0.1) is 0 Å². The zero-order chi connectivity index (χ0) is 14.4. The number of carbonyl (C=O) groups excluding carboxylic acids is 1. The maximum Gasteiger partial charge on any atom is 0.317 e. The molecule has 1 heterocycles. The highest BCUT2D eigenvalue weighted by Crippen LogP contribution is 2.24. The van der Waals surface area contributed by atoms with Gasteiger partial charge in [0, 0.05) is 25.6 Å². The fourth-order valence-corrected chi connectivity index (χ4v) is 2.48. The minimum absolute atomic E-state index is 0.0555. The monoisotopic (exact) mass is 270 g/mol. The smallest absolute Gasteiger partial charge is 0.317 e. The van der Waals surface area contributed by atoms with Gasteiger partial charge in [-0.05, 0) is 38.0 Å². The molecular weight excluding hydrogens is 244 g/mol. The van der Waals surface area contributed by atoms with Crippen LogP contribution < -0.4 is 5.32 Å². The molecule has 5 heteroatoms. The molecule has 2 amide bonds. The van der Waals surface area contributed by atoms with Gasteiger partial charge < -0.3 is 15.3 Å². The first-order chi connectivity index (χ1) is 8.90.